The molecule has 1 unspecified atom stereocenters. The highest BCUT2D eigenvalue weighted by atomic mass is 32.1. The highest BCUT2D eigenvalue weighted by Gasteiger charge is 2.35. The van der Waals surface area contributed by atoms with Gasteiger partial charge in [-0.25, -0.2) is 4.98 Å². The summed E-state index contributed by atoms with van der Waals surface area (Å²) in [6.45, 7) is 2.29. The second kappa shape index (κ2) is 6.16. The quantitative estimate of drug-likeness (QED) is 0.846. The van der Waals surface area contributed by atoms with Crippen LogP contribution in [-0.2, 0) is 12.0 Å². The topological polar surface area (TPSA) is 34.1 Å². The molecule has 1 fully saturated rings. The molecule has 0 bridgehead atoms. The Morgan fingerprint density at radius 1 is 1.33 bits per heavy atom. The lowest BCUT2D eigenvalue weighted by molar-refractivity contribution is 0.335. The molecule has 21 heavy (non-hydrogen) atoms. The van der Waals surface area contributed by atoms with E-state index in [1.807, 2.05) is 18.3 Å². The van der Waals surface area contributed by atoms with Crippen LogP contribution in [0.2, 0.25) is 0 Å². The Balaban J connectivity index is 1.69. The van der Waals surface area contributed by atoms with Crippen molar-refractivity contribution < 1.29 is 4.74 Å². The summed E-state index contributed by atoms with van der Waals surface area (Å²) >= 11 is 1.75. The van der Waals surface area contributed by atoms with Gasteiger partial charge in [-0.1, -0.05) is 12.1 Å². The van der Waals surface area contributed by atoms with E-state index in [1.165, 1.54) is 23.4 Å². The van der Waals surface area contributed by atoms with Crippen molar-refractivity contribution >= 4 is 11.3 Å². The van der Waals surface area contributed by atoms with Crippen molar-refractivity contribution in [1.29, 1.82) is 0 Å². The number of hydrogen-bond donors (Lipinski definition) is 1. The summed E-state index contributed by atoms with van der Waals surface area (Å²) in [6.07, 6.45) is 6.59. The number of aromatic nitrogens is 1. The van der Waals surface area contributed by atoms with Crippen molar-refractivity contribution in [2.45, 2.75) is 44.2 Å². The van der Waals surface area contributed by atoms with E-state index in [0.29, 0.717) is 6.04 Å². The molecule has 0 radical (unpaired) electrons. The lowest BCUT2D eigenvalue weighted by Gasteiger charge is -2.29. The smallest absolute Gasteiger partial charge is 0.118 e. The molecule has 1 N–H and O–H groups in total. The van der Waals surface area contributed by atoms with Crippen LogP contribution >= 0.6 is 11.3 Å². The molecule has 112 valence electrons. The minimum absolute atomic E-state index is 0.0186. The Morgan fingerprint density at radius 2 is 2.10 bits per heavy atom. The van der Waals surface area contributed by atoms with E-state index in [9.17, 15) is 0 Å². The highest BCUT2D eigenvalue weighted by molar-refractivity contribution is 7.09. The van der Waals surface area contributed by atoms with E-state index in [2.05, 4.69) is 34.7 Å². The summed E-state index contributed by atoms with van der Waals surface area (Å²) in [5.41, 5.74) is 1.33. The lowest BCUT2D eigenvalue weighted by Crippen LogP contribution is -2.41. The standard InChI is InChI=1S/C17H22N2OS/c1-17(19-14-5-6-14,16-18-11-12-21-16)10-9-13-3-7-15(20-2)8-4-13/h3-4,7-8,11-12,14,19H,5-6,9-10H2,1-2H3. The van der Waals surface area contributed by atoms with Gasteiger partial charge in [-0.05, 0) is 50.3 Å². The summed E-state index contributed by atoms with van der Waals surface area (Å²) in [5, 5.41) is 7.05. The number of aryl methyl sites for hydroxylation is 1. The van der Waals surface area contributed by atoms with Crippen LogP contribution in [0.5, 0.6) is 5.75 Å². The maximum Gasteiger partial charge on any atom is 0.118 e. The molecule has 1 heterocycles. The first-order chi connectivity index (χ1) is 10.2. The molecule has 4 heteroatoms. The van der Waals surface area contributed by atoms with Crippen LogP contribution in [0.15, 0.2) is 35.8 Å². The number of nitrogens with zero attached hydrogens (tertiary/aromatic N) is 1. The monoisotopic (exact) mass is 302 g/mol. The van der Waals surface area contributed by atoms with Gasteiger partial charge in [0, 0.05) is 17.6 Å². The van der Waals surface area contributed by atoms with E-state index < -0.39 is 0 Å². The van der Waals surface area contributed by atoms with Crippen molar-refractivity contribution in [2.75, 3.05) is 7.11 Å². The summed E-state index contributed by atoms with van der Waals surface area (Å²) in [4.78, 5) is 4.54. The van der Waals surface area contributed by atoms with Gasteiger partial charge in [-0.3, -0.25) is 0 Å². The number of rotatable bonds is 7. The fourth-order valence-corrected chi connectivity index (χ4v) is 3.39. The minimum atomic E-state index is -0.0186. The van der Waals surface area contributed by atoms with Gasteiger partial charge < -0.3 is 10.1 Å². The molecule has 1 aliphatic carbocycles. The maximum atomic E-state index is 5.21. The van der Waals surface area contributed by atoms with Crippen LogP contribution in [-0.4, -0.2) is 18.1 Å². The minimum Gasteiger partial charge on any atom is -0.497 e. The molecule has 3 rings (SSSR count). The molecule has 1 atom stereocenters. The maximum absolute atomic E-state index is 5.21. The zero-order chi connectivity index (χ0) is 14.7. The second-order valence-electron chi connectivity index (χ2n) is 5.94. The highest BCUT2D eigenvalue weighted by Crippen LogP contribution is 2.33. The van der Waals surface area contributed by atoms with E-state index in [4.69, 9.17) is 4.74 Å². The van der Waals surface area contributed by atoms with Crippen molar-refractivity contribution in [3.05, 3.63) is 46.4 Å². The molecule has 1 saturated carbocycles. The molecule has 0 saturated heterocycles. The average Bonchev–Trinajstić information content (AvgIpc) is 3.14. The first-order valence-corrected chi connectivity index (χ1v) is 8.38. The predicted octanol–water partition coefficient (Wildman–Crippen LogP) is 3.75. The molecule has 0 aliphatic heterocycles. The summed E-state index contributed by atoms with van der Waals surface area (Å²) in [6, 6.07) is 9.04. The molecule has 1 aliphatic rings. The van der Waals surface area contributed by atoms with Gasteiger partial charge >= 0.3 is 0 Å². The van der Waals surface area contributed by atoms with Crippen LogP contribution in [0.4, 0.5) is 0 Å². The van der Waals surface area contributed by atoms with Gasteiger partial charge in [0.05, 0.1) is 12.6 Å². The molecule has 0 spiro atoms. The van der Waals surface area contributed by atoms with Crippen molar-refractivity contribution in [3.8, 4) is 5.75 Å². The fourth-order valence-electron chi connectivity index (χ4n) is 2.60. The van der Waals surface area contributed by atoms with E-state index in [-0.39, 0.29) is 5.54 Å². The number of methoxy groups -OCH3 is 1. The second-order valence-corrected chi connectivity index (χ2v) is 6.83. The van der Waals surface area contributed by atoms with Crippen LogP contribution in [0, 0.1) is 0 Å². The van der Waals surface area contributed by atoms with Gasteiger partial charge in [0.2, 0.25) is 0 Å². The van der Waals surface area contributed by atoms with E-state index in [1.54, 1.807) is 18.4 Å². The van der Waals surface area contributed by atoms with Crippen LogP contribution in [0.25, 0.3) is 0 Å². The van der Waals surface area contributed by atoms with Crippen molar-refractivity contribution in [3.63, 3.8) is 0 Å². The first kappa shape index (κ1) is 14.5. The number of benzene rings is 1. The number of nitrogens with one attached hydrogen (secondary N) is 1. The third-order valence-electron chi connectivity index (χ3n) is 4.08. The Hall–Kier alpha value is -1.39. The van der Waals surface area contributed by atoms with E-state index in [0.717, 1.165) is 18.6 Å². The summed E-state index contributed by atoms with van der Waals surface area (Å²) in [7, 11) is 1.70. The van der Waals surface area contributed by atoms with Crippen molar-refractivity contribution in [2.24, 2.45) is 0 Å². The number of hydrogen-bond acceptors (Lipinski definition) is 4. The molecular formula is C17H22N2OS. The van der Waals surface area contributed by atoms with Crippen LogP contribution < -0.4 is 10.1 Å². The van der Waals surface area contributed by atoms with Crippen LogP contribution in [0.1, 0.15) is 36.8 Å². The molecule has 1 aromatic heterocycles. The Bertz CT molecular complexity index is 563. The molecule has 2 aromatic rings. The fraction of sp³-hybridized carbons (Fsp3) is 0.471. The third kappa shape index (κ3) is 3.63. The zero-order valence-electron chi connectivity index (χ0n) is 12.6. The molecule has 1 aromatic carbocycles. The van der Waals surface area contributed by atoms with Gasteiger partial charge in [-0.2, -0.15) is 0 Å². The number of thiazole rings is 1. The van der Waals surface area contributed by atoms with Gasteiger partial charge in [0.25, 0.3) is 0 Å². The van der Waals surface area contributed by atoms with Crippen LogP contribution in [0.3, 0.4) is 0 Å². The molecule has 0 amide bonds. The van der Waals surface area contributed by atoms with Gasteiger partial charge in [0.15, 0.2) is 0 Å². The lowest BCUT2D eigenvalue weighted by atomic mass is 9.93. The molecule has 3 nitrogen and oxygen atoms in total. The normalized spacial score (nSPS) is 17.4. The Kier molecular flexibility index (Phi) is 4.27. The van der Waals surface area contributed by atoms with Gasteiger partial charge in [0.1, 0.15) is 10.8 Å². The third-order valence-corrected chi connectivity index (χ3v) is 5.11. The Labute approximate surface area is 130 Å². The Morgan fingerprint density at radius 3 is 2.67 bits per heavy atom. The largest absolute Gasteiger partial charge is 0.497 e. The summed E-state index contributed by atoms with van der Waals surface area (Å²) < 4.78 is 5.21. The zero-order valence-corrected chi connectivity index (χ0v) is 13.5. The number of ether oxygens (including phenoxy) is 1. The summed E-state index contributed by atoms with van der Waals surface area (Å²) in [5.74, 6) is 0.914. The average molecular weight is 302 g/mol. The van der Waals surface area contributed by atoms with Crippen molar-refractivity contribution in [1.82, 2.24) is 10.3 Å². The van der Waals surface area contributed by atoms with E-state index >= 15 is 0 Å². The predicted molar refractivity (Wildman–Crippen MR) is 86.9 cm³/mol. The SMILES string of the molecule is COc1ccc(CCC(C)(NC2CC2)c2nccs2)cc1. The first-order valence-electron chi connectivity index (χ1n) is 7.50. The molecular weight excluding hydrogens is 280 g/mol. The van der Waals surface area contributed by atoms with Gasteiger partial charge in [-0.15, -0.1) is 11.3 Å².